The summed E-state index contributed by atoms with van der Waals surface area (Å²) in [5, 5.41) is 16.0. The highest BCUT2D eigenvalue weighted by Gasteiger charge is 2.23. The van der Waals surface area contributed by atoms with E-state index in [1.54, 1.807) is 36.5 Å². The summed E-state index contributed by atoms with van der Waals surface area (Å²) in [6, 6.07) is 10.8. The smallest absolute Gasteiger partial charge is 0.273 e. The summed E-state index contributed by atoms with van der Waals surface area (Å²) in [4.78, 5) is 18.8. The van der Waals surface area contributed by atoms with Crippen molar-refractivity contribution >= 4 is 11.7 Å². The summed E-state index contributed by atoms with van der Waals surface area (Å²) in [5.41, 5.74) is 0.823. The van der Waals surface area contributed by atoms with Gasteiger partial charge >= 0.3 is 0 Å². The van der Waals surface area contributed by atoms with Crippen LogP contribution in [0.25, 0.3) is 11.5 Å². The lowest BCUT2D eigenvalue weighted by molar-refractivity contribution is 0.0936. The van der Waals surface area contributed by atoms with Crippen LogP contribution in [-0.2, 0) is 0 Å². The van der Waals surface area contributed by atoms with E-state index in [1.807, 2.05) is 0 Å². The molecule has 8 heteroatoms. The molecule has 0 saturated carbocycles. The third-order valence-corrected chi connectivity index (χ3v) is 4.88. The Balaban J connectivity index is 1.29. The Morgan fingerprint density at radius 3 is 2.89 bits per heavy atom. The van der Waals surface area contributed by atoms with Gasteiger partial charge in [-0.25, -0.2) is 4.98 Å². The van der Waals surface area contributed by atoms with Gasteiger partial charge in [0.1, 0.15) is 11.9 Å². The number of anilines is 1. The third-order valence-electron chi connectivity index (χ3n) is 4.88. The Morgan fingerprint density at radius 2 is 2.14 bits per heavy atom. The second-order valence-electron chi connectivity index (χ2n) is 6.68. The maximum atomic E-state index is 12.3. The van der Waals surface area contributed by atoms with Crippen LogP contribution in [0.5, 0.6) is 0 Å². The number of furan rings is 1. The van der Waals surface area contributed by atoms with E-state index in [2.05, 4.69) is 26.4 Å². The number of piperidine rings is 1. The van der Waals surface area contributed by atoms with Gasteiger partial charge < -0.3 is 19.2 Å². The molecule has 0 aromatic carbocycles. The molecule has 1 aliphatic heterocycles. The molecule has 0 radical (unpaired) electrons. The molecular weight excluding hydrogens is 358 g/mol. The van der Waals surface area contributed by atoms with Crippen molar-refractivity contribution in [3.8, 4) is 17.6 Å². The van der Waals surface area contributed by atoms with Crippen LogP contribution in [0.3, 0.4) is 0 Å². The van der Waals surface area contributed by atoms with Gasteiger partial charge in [0, 0.05) is 31.9 Å². The predicted molar refractivity (Wildman–Crippen MR) is 100 cm³/mol. The van der Waals surface area contributed by atoms with E-state index in [-0.39, 0.29) is 11.6 Å². The van der Waals surface area contributed by atoms with Crippen LogP contribution >= 0.6 is 0 Å². The maximum absolute atomic E-state index is 12.3. The molecule has 142 valence electrons. The lowest BCUT2D eigenvalue weighted by atomic mass is 9.96. The number of nitrogens with one attached hydrogen (secondary N) is 1. The van der Waals surface area contributed by atoms with Crippen molar-refractivity contribution in [1.29, 1.82) is 5.26 Å². The van der Waals surface area contributed by atoms with Crippen LogP contribution in [0.15, 0.2) is 51.7 Å². The van der Waals surface area contributed by atoms with Crippen molar-refractivity contribution in [2.75, 3.05) is 24.5 Å². The molecule has 1 amide bonds. The zero-order valence-electron chi connectivity index (χ0n) is 15.2. The molecule has 3 aromatic heterocycles. The standard InChI is InChI=1S/C20H19N5O3/c21-12-15-3-1-7-22-19(15)25-8-5-14(6-9-25)13-23-20(26)16-11-18(28-24-16)17-4-2-10-27-17/h1-4,7,10-11,14H,5-6,8-9,13H2,(H,23,26). The van der Waals surface area contributed by atoms with Gasteiger partial charge in [0.2, 0.25) is 5.76 Å². The summed E-state index contributed by atoms with van der Waals surface area (Å²) < 4.78 is 10.4. The number of nitriles is 1. The van der Waals surface area contributed by atoms with Gasteiger partial charge in [-0.3, -0.25) is 4.79 Å². The van der Waals surface area contributed by atoms with Crippen LogP contribution < -0.4 is 10.2 Å². The molecule has 1 N–H and O–H groups in total. The van der Waals surface area contributed by atoms with Gasteiger partial charge in [-0.2, -0.15) is 5.26 Å². The molecule has 8 nitrogen and oxygen atoms in total. The van der Waals surface area contributed by atoms with Crippen LogP contribution in [0.4, 0.5) is 5.82 Å². The van der Waals surface area contributed by atoms with E-state index in [1.165, 1.54) is 6.26 Å². The highest BCUT2D eigenvalue weighted by Crippen LogP contribution is 2.24. The normalized spacial score (nSPS) is 14.6. The Hall–Kier alpha value is -3.60. The fourth-order valence-electron chi connectivity index (χ4n) is 3.33. The van der Waals surface area contributed by atoms with Gasteiger partial charge in [-0.15, -0.1) is 0 Å². The van der Waals surface area contributed by atoms with E-state index < -0.39 is 0 Å². The lowest BCUT2D eigenvalue weighted by Gasteiger charge is -2.33. The van der Waals surface area contributed by atoms with Crippen LogP contribution in [0.2, 0.25) is 0 Å². The average Bonchev–Trinajstić information content (AvgIpc) is 3.44. The highest BCUT2D eigenvalue weighted by atomic mass is 16.5. The molecule has 1 aliphatic rings. The molecule has 0 unspecified atom stereocenters. The molecule has 0 spiro atoms. The Bertz CT molecular complexity index is 981. The van der Waals surface area contributed by atoms with Gasteiger partial charge in [-0.05, 0) is 43.0 Å². The molecule has 0 atom stereocenters. The van der Waals surface area contributed by atoms with E-state index >= 15 is 0 Å². The summed E-state index contributed by atoms with van der Waals surface area (Å²) >= 11 is 0. The summed E-state index contributed by atoms with van der Waals surface area (Å²) in [6.07, 6.45) is 5.07. The van der Waals surface area contributed by atoms with E-state index in [0.717, 1.165) is 31.7 Å². The number of carbonyl (C=O) groups is 1. The number of carbonyl (C=O) groups excluding carboxylic acids is 1. The Kier molecular flexibility index (Phi) is 5.06. The maximum Gasteiger partial charge on any atom is 0.273 e. The zero-order chi connectivity index (χ0) is 19.3. The van der Waals surface area contributed by atoms with E-state index in [9.17, 15) is 10.1 Å². The van der Waals surface area contributed by atoms with E-state index in [0.29, 0.717) is 29.5 Å². The molecule has 1 saturated heterocycles. The van der Waals surface area contributed by atoms with Crippen molar-refractivity contribution in [2.45, 2.75) is 12.8 Å². The highest BCUT2D eigenvalue weighted by molar-refractivity contribution is 5.92. The minimum Gasteiger partial charge on any atom is -0.461 e. The number of aromatic nitrogens is 2. The van der Waals surface area contributed by atoms with E-state index in [4.69, 9.17) is 8.94 Å². The molecule has 28 heavy (non-hydrogen) atoms. The molecule has 0 aliphatic carbocycles. The largest absolute Gasteiger partial charge is 0.461 e. The van der Waals surface area contributed by atoms with Gasteiger partial charge in [0.15, 0.2) is 11.5 Å². The number of hydrogen-bond donors (Lipinski definition) is 1. The first-order valence-corrected chi connectivity index (χ1v) is 9.13. The first kappa shape index (κ1) is 17.8. The summed E-state index contributed by atoms with van der Waals surface area (Å²) in [6.45, 7) is 2.18. The lowest BCUT2D eigenvalue weighted by Crippen LogP contribution is -2.39. The number of nitrogens with zero attached hydrogens (tertiary/aromatic N) is 4. The molecule has 4 rings (SSSR count). The van der Waals surface area contributed by atoms with Crippen LogP contribution in [-0.4, -0.2) is 35.7 Å². The fraction of sp³-hybridized carbons (Fsp3) is 0.300. The van der Waals surface area contributed by atoms with Gasteiger partial charge in [0.25, 0.3) is 5.91 Å². The van der Waals surface area contributed by atoms with Crippen molar-refractivity contribution in [3.05, 3.63) is 54.0 Å². The monoisotopic (exact) mass is 377 g/mol. The topological polar surface area (TPSA) is 108 Å². The first-order chi connectivity index (χ1) is 13.7. The fourth-order valence-corrected chi connectivity index (χ4v) is 3.33. The molecule has 4 heterocycles. The number of rotatable bonds is 5. The Morgan fingerprint density at radius 1 is 1.29 bits per heavy atom. The molecule has 1 fully saturated rings. The van der Waals surface area contributed by atoms with Crippen LogP contribution in [0.1, 0.15) is 28.9 Å². The van der Waals surface area contributed by atoms with Crippen molar-refractivity contribution in [1.82, 2.24) is 15.5 Å². The van der Waals surface area contributed by atoms with Crippen molar-refractivity contribution < 1.29 is 13.7 Å². The quantitative estimate of drug-likeness (QED) is 0.728. The zero-order valence-corrected chi connectivity index (χ0v) is 15.2. The minimum absolute atomic E-state index is 0.232. The number of hydrogen-bond acceptors (Lipinski definition) is 7. The molecule has 3 aromatic rings. The predicted octanol–water partition coefficient (Wildman–Crippen LogP) is 2.85. The average molecular weight is 377 g/mol. The SMILES string of the molecule is N#Cc1cccnc1N1CCC(CNC(=O)c2cc(-c3ccco3)on2)CC1. The summed E-state index contributed by atoms with van der Waals surface area (Å²) in [5.74, 6) is 1.80. The molecular formula is C20H19N5O3. The van der Waals surface area contributed by atoms with Gasteiger partial charge in [0.05, 0.1) is 11.8 Å². The van der Waals surface area contributed by atoms with Gasteiger partial charge in [-0.1, -0.05) is 5.16 Å². The van der Waals surface area contributed by atoms with Crippen LogP contribution in [0, 0.1) is 17.2 Å². The second kappa shape index (κ2) is 7.96. The molecule has 0 bridgehead atoms. The second-order valence-corrected chi connectivity index (χ2v) is 6.68. The number of amides is 1. The minimum atomic E-state index is -0.263. The third kappa shape index (κ3) is 3.74. The Labute approximate surface area is 161 Å². The van der Waals surface area contributed by atoms with Crippen molar-refractivity contribution in [2.24, 2.45) is 5.92 Å². The number of pyridine rings is 1. The van der Waals surface area contributed by atoms with Crippen molar-refractivity contribution in [3.63, 3.8) is 0 Å². The summed E-state index contributed by atoms with van der Waals surface area (Å²) in [7, 11) is 0. The first-order valence-electron chi connectivity index (χ1n) is 9.13.